The van der Waals surface area contributed by atoms with E-state index in [4.69, 9.17) is 0 Å². The van der Waals surface area contributed by atoms with Gasteiger partial charge in [-0.3, -0.25) is 9.59 Å². The van der Waals surface area contributed by atoms with E-state index in [-0.39, 0.29) is 11.8 Å². The van der Waals surface area contributed by atoms with Crippen LogP contribution < -0.4 is 5.32 Å². The number of nitrogens with one attached hydrogen (secondary N) is 1. The van der Waals surface area contributed by atoms with Crippen LogP contribution in [0.2, 0.25) is 0 Å². The average molecular weight is 331 g/mol. The molecule has 2 rings (SSSR count). The first-order chi connectivity index (χ1) is 8.38. The van der Waals surface area contributed by atoms with Crippen molar-refractivity contribution < 1.29 is 9.59 Å². The lowest BCUT2D eigenvalue weighted by molar-refractivity contribution is -0.137. The number of carbonyl (C=O) groups excluding carboxylic acids is 2. The fourth-order valence-electron chi connectivity index (χ4n) is 1.97. The first-order valence-corrected chi connectivity index (χ1v) is 7.34. The van der Waals surface area contributed by atoms with Crippen molar-refractivity contribution in [3.63, 3.8) is 0 Å². The zero-order chi connectivity index (χ0) is 13.3. The molecule has 2 heterocycles. The number of thiophene rings is 1. The molecule has 0 spiro atoms. The summed E-state index contributed by atoms with van der Waals surface area (Å²) in [4.78, 5) is 26.7. The Labute approximate surface area is 118 Å². The highest BCUT2D eigenvalue weighted by molar-refractivity contribution is 9.11. The van der Waals surface area contributed by atoms with Crippen molar-refractivity contribution in [2.24, 2.45) is 0 Å². The van der Waals surface area contributed by atoms with Crippen molar-refractivity contribution in [1.82, 2.24) is 10.2 Å². The molecule has 1 fully saturated rings. The van der Waals surface area contributed by atoms with E-state index in [1.54, 1.807) is 30.1 Å². The van der Waals surface area contributed by atoms with E-state index < -0.39 is 5.54 Å². The summed E-state index contributed by atoms with van der Waals surface area (Å²) in [5, 5.41) is 2.75. The maximum absolute atomic E-state index is 12.3. The van der Waals surface area contributed by atoms with Gasteiger partial charge in [-0.25, -0.2) is 0 Å². The highest BCUT2D eigenvalue weighted by atomic mass is 79.9. The van der Waals surface area contributed by atoms with Gasteiger partial charge in [0.05, 0.1) is 10.3 Å². The minimum absolute atomic E-state index is 0.0297. The summed E-state index contributed by atoms with van der Waals surface area (Å²) in [5.74, 6) is -0.0962. The molecule has 98 valence electrons. The number of halogens is 1. The molecule has 1 aromatic rings. The van der Waals surface area contributed by atoms with Crippen LogP contribution in [0.5, 0.6) is 0 Å². The highest BCUT2D eigenvalue weighted by Gasteiger charge is 2.36. The average Bonchev–Trinajstić information content (AvgIpc) is 2.64. The van der Waals surface area contributed by atoms with Gasteiger partial charge in [-0.05, 0) is 41.9 Å². The van der Waals surface area contributed by atoms with Gasteiger partial charge in [0, 0.05) is 17.8 Å². The topological polar surface area (TPSA) is 49.4 Å². The molecule has 2 amide bonds. The van der Waals surface area contributed by atoms with Crippen molar-refractivity contribution in [3.05, 3.63) is 20.8 Å². The monoisotopic (exact) mass is 330 g/mol. The SMILES string of the molecule is CC1(C)NC(=O)CCN(Cc2ccc(Br)s2)C1=O. The minimum atomic E-state index is -0.817. The van der Waals surface area contributed by atoms with Crippen LogP contribution >= 0.6 is 27.3 Å². The smallest absolute Gasteiger partial charge is 0.248 e. The molecule has 0 aliphatic carbocycles. The summed E-state index contributed by atoms with van der Waals surface area (Å²) in [6.07, 6.45) is 0.363. The Bertz CT molecular complexity index is 484. The van der Waals surface area contributed by atoms with Gasteiger partial charge in [0.15, 0.2) is 0 Å². The maximum Gasteiger partial charge on any atom is 0.248 e. The Hall–Kier alpha value is -0.880. The van der Waals surface area contributed by atoms with Gasteiger partial charge in [0.25, 0.3) is 0 Å². The number of amides is 2. The molecule has 0 saturated carbocycles. The number of hydrogen-bond donors (Lipinski definition) is 1. The normalized spacial score (nSPS) is 19.6. The van der Waals surface area contributed by atoms with Crippen molar-refractivity contribution in [2.45, 2.75) is 32.4 Å². The van der Waals surface area contributed by atoms with E-state index in [0.29, 0.717) is 19.5 Å². The second kappa shape index (κ2) is 5.01. The molecular weight excluding hydrogens is 316 g/mol. The highest BCUT2D eigenvalue weighted by Crippen LogP contribution is 2.24. The Morgan fingerprint density at radius 1 is 1.44 bits per heavy atom. The summed E-state index contributed by atoms with van der Waals surface area (Å²) in [5.41, 5.74) is -0.817. The summed E-state index contributed by atoms with van der Waals surface area (Å²) in [6.45, 7) is 4.53. The Balaban J connectivity index is 2.16. The van der Waals surface area contributed by atoms with Crippen molar-refractivity contribution >= 4 is 39.1 Å². The molecule has 0 radical (unpaired) electrons. The first kappa shape index (κ1) is 13.5. The van der Waals surface area contributed by atoms with E-state index >= 15 is 0 Å². The fourth-order valence-corrected chi connectivity index (χ4v) is 3.47. The number of rotatable bonds is 2. The van der Waals surface area contributed by atoms with Crippen LogP contribution in [-0.4, -0.2) is 28.8 Å². The van der Waals surface area contributed by atoms with Crippen molar-refractivity contribution in [1.29, 1.82) is 0 Å². The molecule has 6 heteroatoms. The first-order valence-electron chi connectivity index (χ1n) is 5.73. The lowest BCUT2D eigenvalue weighted by Gasteiger charge is -2.28. The molecule has 18 heavy (non-hydrogen) atoms. The van der Waals surface area contributed by atoms with E-state index in [1.807, 2.05) is 12.1 Å². The Morgan fingerprint density at radius 3 is 2.78 bits per heavy atom. The van der Waals surface area contributed by atoms with Gasteiger partial charge in [0.1, 0.15) is 5.54 Å². The van der Waals surface area contributed by atoms with Crippen LogP contribution in [-0.2, 0) is 16.1 Å². The summed E-state index contributed by atoms with van der Waals surface area (Å²) in [6, 6.07) is 3.96. The zero-order valence-electron chi connectivity index (χ0n) is 10.3. The van der Waals surface area contributed by atoms with Crippen molar-refractivity contribution in [3.8, 4) is 0 Å². The molecule has 1 aliphatic heterocycles. The predicted octanol–water partition coefficient (Wildman–Crippen LogP) is 2.14. The van der Waals surface area contributed by atoms with Gasteiger partial charge in [-0.1, -0.05) is 0 Å². The van der Waals surface area contributed by atoms with Crippen LogP contribution in [0.3, 0.4) is 0 Å². The third-order valence-electron chi connectivity index (χ3n) is 2.86. The third-order valence-corrected chi connectivity index (χ3v) is 4.47. The fraction of sp³-hybridized carbons (Fsp3) is 0.500. The molecule has 1 N–H and O–H groups in total. The summed E-state index contributed by atoms with van der Waals surface area (Å²) in [7, 11) is 0. The van der Waals surface area contributed by atoms with E-state index in [9.17, 15) is 9.59 Å². The van der Waals surface area contributed by atoms with E-state index in [2.05, 4.69) is 21.2 Å². The summed E-state index contributed by atoms with van der Waals surface area (Å²) < 4.78 is 1.05. The molecule has 1 aromatic heterocycles. The standard InChI is InChI=1S/C12H15BrN2O2S/c1-12(2)11(17)15(6-5-10(16)14-12)7-8-3-4-9(13)18-8/h3-4H,5-7H2,1-2H3,(H,14,16). The molecule has 0 atom stereocenters. The Kier molecular flexibility index (Phi) is 3.77. The molecule has 1 aliphatic rings. The van der Waals surface area contributed by atoms with Gasteiger partial charge < -0.3 is 10.2 Å². The molecule has 4 nitrogen and oxygen atoms in total. The van der Waals surface area contributed by atoms with Gasteiger partial charge in [-0.15, -0.1) is 11.3 Å². The van der Waals surface area contributed by atoms with E-state index in [0.717, 1.165) is 8.66 Å². The van der Waals surface area contributed by atoms with Crippen LogP contribution in [0, 0.1) is 0 Å². The molecular formula is C12H15BrN2O2S. The number of carbonyl (C=O) groups is 2. The Morgan fingerprint density at radius 2 is 2.17 bits per heavy atom. The van der Waals surface area contributed by atoms with Crippen LogP contribution in [0.4, 0.5) is 0 Å². The summed E-state index contributed by atoms with van der Waals surface area (Å²) >= 11 is 5.02. The van der Waals surface area contributed by atoms with Gasteiger partial charge in [0.2, 0.25) is 11.8 Å². The second-order valence-corrected chi connectivity index (χ2v) is 7.40. The third kappa shape index (κ3) is 2.92. The molecule has 0 unspecified atom stereocenters. The van der Waals surface area contributed by atoms with E-state index in [1.165, 1.54) is 0 Å². The largest absolute Gasteiger partial charge is 0.342 e. The van der Waals surface area contributed by atoms with Crippen LogP contribution in [0.1, 0.15) is 25.1 Å². The van der Waals surface area contributed by atoms with Crippen LogP contribution in [0.25, 0.3) is 0 Å². The minimum Gasteiger partial charge on any atom is -0.342 e. The maximum atomic E-state index is 12.3. The van der Waals surface area contributed by atoms with Crippen LogP contribution in [0.15, 0.2) is 15.9 Å². The molecule has 0 aromatic carbocycles. The lowest BCUT2D eigenvalue weighted by atomic mass is 10.0. The van der Waals surface area contributed by atoms with Crippen molar-refractivity contribution in [2.75, 3.05) is 6.54 Å². The quantitative estimate of drug-likeness (QED) is 0.903. The van der Waals surface area contributed by atoms with Gasteiger partial charge >= 0.3 is 0 Å². The molecule has 0 bridgehead atoms. The zero-order valence-corrected chi connectivity index (χ0v) is 12.7. The molecule has 1 saturated heterocycles. The van der Waals surface area contributed by atoms with Gasteiger partial charge in [-0.2, -0.15) is 0 Å². The number of nitrogens with zero attached hydrogens (tertiary/aromatic N) is 1. The second-order valence-electron chi connectivity index (χ2n) is 4.86. The predicted molar refractivity (Wildman–Crippen MR) is 74.3 cm³/mol. The lowest BCUT2D eigenvalue weighted by Crippen LogP contribution is -2.52. The number of hydrogen-bond acceptors (Lipinski definition) is 3.